The second-order valence-corrected chi connectivity index (χ2v) is 4.91. The molecule has 0 unspecified atom stereocenters. The lowest BCUT2D eigenvalue weighted by molar-refractivity contribution is 0.0522. The molecule has 3 aromatic rings. The standard InChI is InChI=1S/C14H12ClN3O3/c1-3-21-14(20)11-12-17(2)13(19)10-8(15)5-4-6-9(10)18(12)7-16-11/h4-7H,3H2,1-2H3. The van der Waals surface area contributed by atoms with Crippen molar-refractivity contribution in [2.45, 2.75) is 6.92 Å². The van der Waals surface area contributed by atoms with Gasteiger partial charge >= 0.3 is 5.97 Å². The van der Waals surface area contributed by atoms with Crippen molar-refractivity contribution in [3.63, 3.8) is 0 Å². The fourth-order valence-electron chi connectivity index (χ4n) is 2.37. The average molecular weight is 306 g/mol. The number of carbonyl (C=O) groups is 1. The molecule has 0 saturated heterocycles. The normalized spacial score (nSPS) is 11.2. The first kappa shape index (κ1) is 13.6. The lowest BCUT2D eigenvalue weighted by Gasteiger charge is -2.09. The number of imidazole rings is 1. The number of nitrogens with zero attached hydrogens (tertiary/aromatic N) is 3. The molecule has 1 aromatic carbocycles. The maximum Gasteiger partial charge on any atom is 0.360 e. The highest BCUT2D eigenvalue weighted by Crippen LogP contribution is 2.22. The number of carbonyl (C=O) groups excluding carboxylic acids is 1. The summed E-state index contributed by atoms with van der Waals surface area (Å²) in [5.74, 6) is -0.559. The van der Waals surface area contributed by atoms with Crippen molar-refractivity contribution in [3.8, 4) is 0 Å². The number of hydrogen-bond acceptors (Lipinski definition) is 4. The largest absolute Gasteiger partial charge is 0.461 e. The molecule has 0 bridgehead atoms. The summed E-state index contributed by atoms with van der Waals surface area (Å²) in [5.41, 5.74) is 0.810. The molecule has 0 fully saturated rings. The first-order chi connectivity index (χ1) is 10.1. The van der Waals surface area contributed by atoms with Crippen LogP contribution in [0.25, 0.3) is 16.6 Å². The molecule has 21 heavy (non-hydrogen) atoms. The van der Waals surface area contributed by atoms with Crippen LogP contribution in [0.5, 0.6) is 0 Å². The van der Waals surface area contributed by atoms with Gasteiger partial charge in [0.05, 0.1) is 22.5 Å². The monoisotopic (exact) mass is 305 g/mol. The molecule has 0 saturated carbocycles. The van der Waals surface area contributed by atoms with Gasteiger partial charge in [-0.25, -0.2) is 9.78 Å². The van der Waals surface area contributed by atoms with Gasteiger partial charge in [-0.3, -0.25) is 13.8 Å². The number of aryl methyl sites for hydroxylation is 1. The second kappa shape index (κ2) is 4.89. The number of esters is 1. The van der Waals surface area contributed by atoms with Gasteiger partial charge in [-0.15, -0.1) is 0 Å². The summed E-state index contributed by atoms with van der Waals surface area (Å²) in [6.07, 6.45) is 1.49. The van der Waals surface area contributed by atoms with Crippen LogP contribution in [0.4, 0.5) is 0 Å². The van der Waals surface area contributed by atoms with Gasteiger partial charge in [-0.2, -0.15) is 0 Å². The Morgan fingerprint density at radius 1 is 1.43 bits per heavy atom. The van der Waals surface area contributed by atoms with E-state index >= 15 is 0 Å². The van der Waals surface area contributed by atoms with Gasteiger partial charge in [0.1, 0.15) is 6.33 Å². The highest BCUT2D eigenvalue weighted by atomic mass is 35.5. The van der Waals surface area contributed by atoms with Crippen molar-refractivity contribution < 1.29 is 9.53 Å². The van der Waals surface area contributed by atoms with Crippen LogP contribution in [0.3, 0.4) is 0 Å². The Hall–Kier alpha value is -2.34. The van der Waals surface area contributed by atoms with E-state index in [0.717, 1.165) is 0 Å². The number of hydrogen-bond donors (Lipinski definition) is 0. The quantitative estimate of drug-likeness (QED) is 0.679. The minimum absolute atomic E-state index is 0.110. The molecule has 0 amide bonds. The van der Waals surface area contributed by atoms with E-state index in [0.29, 0.717) is 21.6 Å². The Morgan fingerprint density at radius 3 is 2.90 bits per heavy atom. The lowest BCUT2D eigenvalue weighted by atomic mass is 10.2. The topological polar surface area (TPSA) is 65.6 Å². The third-order valence-electron chi connectivity index (χ3n) is 3.30. The van der Waals surface area contributed by atoms with E-state index in [1.54, 1.807) is 36.6 Å². The van der Waals surface area contributed by atoms with Gasteiger partial charge in [-0.05, 0) is 19.1 Å². The van der Waals surface area contributed by atoms with Crippen molar-refractivity contribution in [3.05, 3.63) is 45.6 Å². The molecule has 0 aliphatic heterocycles. The van der Waals surface area contributed by atoms with Crippen molar-refractivity contribution >= 4 is 34.1 Å². The van der Waals surface area contributed by atoms with Gasteiger partial charge in [0.25, 0.3) is 5.56 Å². The van der Waals surface area contributed by atoms with Gasteiger partial charge in [0.15, 0.2) is 11.3 Å². The third-order valence-corrected chi connectivity index (χ3v) is 3.61. The zero-order valence-electron chi connectivity index (χ0n) is 11.5. The number of benzene rings is 1. The molecule has 0 aliphatic rings. The van der Waals surface area contributed by atoms with Crippen LogP contribution < -0.4 is 5.56 Å². The molecule has 2 aromatic heterocycles. The second-order valence-electron chi connectivity index (χ2n) is 4.51. The molecule has 0 atom stereocenters. The van der Waals surface area contributed by atoms with Crippen LogP contribution in [0.15, 0.2) is 29.3 Å². The molecule has 2 heterocycles. The smallest absolute Gasteiger partial charge is 0.360 e. The molecule has 0 spiro atoms. The van der Waals surface area contributed by atoms with E-state index in [2.05, 4.69) is 4.98 Å². The number of fused-ring (bicyclic) bond motifs is 3. The van der Waals surface area contributed by atoms with E-state index in [9.17, 15) is 9.59 Å². The summed E-state index contributed by atoms with van der Waals surface area (Å²) < 4.78 is 7.99. The van der Waals surface area contributed by atoms with E-state index in [1.165, 1.54) is 10.9 Å². The van der Waals surface area contributed by atoms with Crippen LogP contribution in [-0.2, 0) is 11.8 Å². The van der Waals surface area contributed by atoms with E-state index in [1.807, 2.05) is 0 Å². The van der Waals surface area contributed by atoms with Gasteiger partial charge in [-0.1, -0.05) is 17.7 Å². The Bertz CT molecular complexity index is 926. The minimum Gasteiger partial charge on any atom is -0.461 e. The third kappa shape index (κ3) is 1.91. The predicted molar refractivity (Wildman–Crippen MR) is 78.9 cm³/mol. The lowest BCUT2D eigenvalue weighted by Crippen LogP contribution is -2.21. The van der Waals surface area contributed by atoms with Crippen molar-refractivity contribution in [2.24, 2.45) is 7.05 Å². The first-order valence-corrected chi connectivity index (χ1v) is 6.75. The van der Waals surface area contributed by atoms with E-state index < -0.39 is 5.97 Å². The van der Waals surface area contributed by atoms with Crippen molar-refractivity contribution in [2.75, 3.05) is 6.61 Å². The highest BCUT2D eigenvalue weighted by molar-refractivity contribution is 6.35. The van der Waals surface area contributed by atoms with Crippen LogP contribution >= 0.6 is 11.6 Å². The van der Waals surface area contributed by atoms with Crippen LogP contribution in [-0.4, -0.2) is 26.5 Å². The molecule has 0 N–H and O–H groups in total. The number of aromatic nitrogens is 3. The summed E-state index contributed by atoms with van der Waals surface area (Å²) in [4.78, 5) is 28.5. The first-order valence-electron chi connectivity index (χ1n) is 6.37. The predicted octanol–water partition coefficient (Wildman–Crippen LogP) is 2.02. The number of ether oxygens (including phenoxy) is 1. The summed E-state index contributed by atoms with van der Waals surface area (Å²) in [6, 6.07) is 5.15. The maximum atomic E-state index is 12.5. The maximum absolute atomic E-state index is 12.5. The number of halogens is 1. The van der Waals surface area contributed by atoms with E-state index in [4.69, 9.17) is 16.3 Å². The summed E-state index contributed by atoms with van der Waals surface area (Å²) in [7, 11) is 1.57. The SMILES string of the molecule is CCOC(=O)c1ncn2c3cccc(Cl)c3c(=O)n(C)c12. The summed E-state index contributed by atoms with van der Waals surface area (Å²) in [5, 5.41) is 0.753. The molecular formula is C14H12ClN3O3. The van der Waals surface area contributed by atoms with Crippen molar-refractivity contribution in [1.29, 1.82) is 0 Å². The molecule has 0 radical (unpaired) electrons. The number of rotatable bonds is 2. The van der Waals surface area contributed by atoms with Crippen LogP contribution in [0.2, 0.25) is 5.02 Å². The molecule has 0 aliphatic carbocycles. The Balaban J connectivity index is 2.48. The zero-order valence-corrected chi connectivity index (χ0v) is 12.2. The molecular weight excluding hydrogens is 294 g/mol. The Kier molecular flexibility index (Phi) is 3.17. The average Bonchev–Trinajstić information content (AvgIpc) is 2.90. The van der Waals surface area contributed by atoms with Gasteiger partial charge < -0.3 is 4.74 Å². The summed E-state index contributed by atoms with van der Waals surface area (Å²) >= 11 is 6.12. The minimum atomic E-state index is -0.559. The molecule has 3 rings (SSSR count). The van der Waals surface area contributed by atoms with E-state index in [-0.39, 0.29) is 17.9 Å². The van der Waals surface area contributed by atoms with Crippen LogP contribution in [0, 0.1) is 0 Å². The zero-order chi connectivity index (χ0) is 15.1. The van der Waals surface area contributed by atoms with Gasteiger partial charge in [0.2, 0.25) is 0 Å². The molecule has 6 nitrogen and oxygen atoms in total. The fraction of sp³-hybridized carbons (Fsp3) is 0.214. The Morgan fingerprint density at radius 2 is 2.19 bits per heavy atom. The van der Waals surface area contributed by atoms with Crippen LogP contribution in [0.1, 0.15) is 17.4 Å². The van der Waals surface area contributed by atoms with Crippen molar-refractivity contribution in [1.82, 2.24) is 14.0 Å². The van der Waals surface area contributed by atoms with Gasteiger partial charge in [0, 0.05) is 7.05 Å². The molecule has 7 heteroatoms. The summed E-state index contributed by atoms with van der Waals surface area (Å²) in [6.45, 7) is 1.95. The fourth-order valence-corrected chi connectivity index (χ4v) is 2.62. The molecule has 108 valence electrons. The highest BCUT2D eigenvalue weighted by Gasteiger charge is 2.20. The Labute approximate surface area is 124 Å².